The lowest BCUT2D eigenvalue weighted by atomic mass is 9.79. The number of aliphatic hydroxyl groups excluding tert-OH is 1. The Morgan fingerprint density at radius 3 is 2.18 bits per heavy atom. The van der Waals surface area contributed by atoms with Crippen molar-refractivity contribution in [2.45, 2.75) is 25.7 Å². The third kappa shape index (κ3) is 3.85. The van der Waals surface area contributed by atoms with Crippen molar-refractivity contribution in [2.75, 3.05) is 13.4 Å². The Kier molecular flexibility index (Phi) is 5.69. The minimum atomic E-state index is -0.649. The first-order chi connectivity index (χ1) is 8.20. The van der Waals surface area contributed by atoms with Gasteiger partial charge in [-0.1, -0.05) is 25.5 Å². The van der Waals surface area contributed by atoms with Crippen LogP contribution >= 0.6 is 0 Å². The van der Waals surface area contributed by atoms with Gasteiger partial charge in [-0.05, 0) is 12.8 Å². The van der Waals surface area contributed by atoms with E-state index in [1.54, 1.807) is 0 Å². The monoisotopic (exact) mass is 242 g/mol. The van der Waals surface area contributed by atoms with E-state index in [1.807, 2.05) is 0 Å². The summed E-state index contributed by atoms with van der Waals surface area (Å²) in [5.74, 6) is -1.85. The number of hydrogen-bond acceptors (Lipinski definition) is 5. The third-order valence-electron chi connectivity index (χ3n) is 2.92. The predicted molar refractivity (Wildman–Crippen MR) is 59.8 cm³/mol. The number of hydrogen-bond donors (Lipinski definition) is 1. The average Bonchev–Trinajstić information content (AvgIpc) is 2.36. The molecule has 0 saturated heterocycles. The van der Waals surface area contributed by atoms with Crippen molar-refractivity contribution < 1.29 is 24.2 Å². The van der Waals surface area contributed by atoms with Crippen LogP contribution in [0.15, 0.2) is 12.7 Å². The van der Waals surface area contributed by atoms with Gasteiger partial charge < -0.3 is 14.6 Å². The summed E-state index contributed by atoms with van der Waals surface area (Å²) >= 11 is 0. The van der Waals surface area contributed by atoms with Gasteiger partial charge in [0.25, 0.3) is 0 Å². The molecule has 1 aliphatic rings. The first-order valence-corrected chi connectivity index (χ1v) is 5.75. The molecule has 2 unspecified atom stereocenters. The molecule has 0 radical (unpaired) electrons. The molecule has 1 rings (SSSR count). The number of rotatable bonds is 5. The molecular weight excluding hydrogens is 224 g/mol. The van der Waals surface area contributed by atoms with Gasteiger partial charge in [-0.2, -0.15) is 0 Å². The van der Waals surface area contributed by atoms with Crippen molar-refractivity contribution in [3.8, 4) is 0 Å². The highest BCUT2D eigenvalue weighted by molar-refractivity contribution is 5.82. The van der Waals surface area contributed by atoms with Gasteiger partial charge >= 0.3 is 11.9 Å². The molecule has 1 fully saturated rings. The van der Waals surface area contributed by atoms with Crippen LogP contribution in [0.2, 0.25) is 0 Å². The van der Waals surface area contributed by atoms with E-state index in [-0.39, 0.29) is 12.6 Å². The highest BCUT2D eigenvalue weighted by Crippen LogP contribution is 2.31. The van der Waals surface area contributed by atoms with Gasteiger partial charge in [0.15, 0.2) is 6.79 Å². The van der Waals surface area contributed by atoms with Gasteiger partial charge in [0.2, 0.25) is 0 Å². The van der Waals surface area contributed by atoms with Crippen LogP contribution < -0.4 is 0 Å². The number of carbonyl (C=O) groups is 2. The first kappa shape index (κ1) is 13.7. The lowest BCUT2D eigenvalue weighted by molar-refractivity contribution is -0.167. The van der Waals surface area contributed by atoms with Crippen LogP contribution in [-0.2, 0) is 19.1 Å². The van der Waals surface area contributed by atoms with Gasteiger partial charge in [-0.25, -0.2) is 0 Å². The quantitative estimate of drug-likeness (QED) is 0.442. The largest absolute Gasteiger partial charge is 0.461 e. The van der Waals surface area contributed by atoms with E-state index in [4.69, 9.17) is 9.84 Å². The second kappa shape index (κ2) is 7.06. The standard InChI is InChI=1S/C12H18O5/c1-2-7-16-11(14)9-5-3-4-6-10(9)12(15)17-8-13/h2,9-10,13H,1,3-8H2. The Balaban J connectivity index is 2.61. The zero-order chi connectivity index (χ0) is 12.7. The van der Waals surface area contributed by atoms with Crippen LogP contribution in [0, 0.1) is 11.8 Å². The Morgan fingerprint density at radius 2 is 1.71 bits per heavy atom. The zero-order valence-electron chi connectivity index (χ0n) is 9.76. The summed E-state index contributed by atoms with van der Waals surface area (Å²) in [6.07, 6.45) is 4.50. The second-order valence-corrected chi connectivity index (χ2v) is 4.01. The summed E-state index contributed by atoms with van der Waals surface area (Å²) in [5.41, 5.74) is 0. The molecule has 96 valence electrons. The topological polar surface area (TPSA) is 72.8 Å². The molecule has 17 heavy (non-hydrogen) atoms. The Bertz CT molecular complexity index is 287. The van der Waals surface area contributed by atoms with Gasteiger partial charge in [-0.15, -0.1) is 0 Å². The van der Waals surface area contributed by atoms with Crippen molar-refractivity contribution in [3.05, 3.63) is 12.7 Å². The summed E-state index contributed by atoms with van der Waals surface area (Å²) in [5, 5.41) is 8.56. The van der Waals surface area contributed by atoms with E-state index in [1.165, 1.54) is 6.08 Å². The molecule has 1 saturated carbocycles. The van der Waals surface area contributed by atoms with Crippen molar-refractivity contribution in [1.29, 1.82) is 0 Å². The van der Waals surface area contributed by atoms with Crippen LogP contribution in [0.3, 0.4) is 0 Å². The normalized spacial score (nSPS) is 23.8. The number of ether oxygens (including phenoxy) is 2. The lowest BCUT2D eigenvalue weighted by Crippen LogP contribution is -2.35. The van der Waals surface area contributed by atoms with Crippen molar-refractivity contribution in [2.24, 2.45) is 11.8 Å². The van der Waals surface area contributed by atoms with Crippen LogP contribution in [0.5, 0.6) is 0 Å². The molecule has 0 spiro atoms. The maximum atomic E-state index is 11.7. The fraction of sp³-hybridized carbons (Fsp3) is 0.667. The fourth-order valence-electron chi connectivity index (χ4n) is 2.11. The van der Waals surface area contributed by atoms with E-state index in [9.17, 15) is 9.59 Å². The summed E-state index contributed by atoms with van der Waals surface area (Å²) in [7, 11) is 0. The Labute approximate surface area is 100 Å². The molecule has 0 heterocycles. The summed E-state index contributed by atoms with van der Waals surface area (Å²) in [4.78, 5) is 23.3. The minimum absolute atomic E-state index is 0.150. The third-order valence-corrected chi connectivity index (χ3v) is 2.92. The number of carbonyl (C=O) groups excluding carboxylic acids is 2. The molecule has 0 aromatic carbocycles. The molecule has 5 heteroatoms. The highest BCUT2D eigenvalue weighted by atomic mass is 16.6. The fourth-order valence-corrected chi connectivity index (χ4v) is 2.11. The van der Waals surface area contributed by atoms with E-state index in [0.717, 1.165) is 12.8 Å². The van der Waals surface area contributed by atoms with E-state index in [2.05, 4.69) is 11.3 Å². The van der Waals surface area contributed by atoms with E-state index < -0.39 is 24.6 Å². The molecule has 0 aliphatic heterocycles. The minimum Gasteiger partial charge on any atom is -0.461 e. The van der Waals surface area contributed by atoms with Crippen LogP contribution in [0.25, 0.3) is 0 Å². The highest BCUT2D eigenvalue weighted by Gasteiger charge is 2.37. The first-order valence-electron chi connectivity index (χ1n) is 5.75. The SMILES string of the molecule is C=CCOC(=O)C1CCCCC1C(=O)OCO. The number of esters is 2. The van der Waals surface area contributed by atoms with Crippen LogP contribution in [-0.4, -0.2) is 30.4 Å². The summed E-state index contributed by atoms with van der Waals surface area (Å²) < 4.78 is 9.52. The molecule has 1 N–H and O–H groups in total. The van der Waals surface area contributed by atoms with Crippen molar-refractivity contribution in [3.63, 3.8) is 0 Å². The zero-order valence-corrected chi connectivity index (χ0v) is 9.76. The van der Waals surface area contributed by atoms with Gasteiger partial charge in [0.1, 0.15) is 6.61 Å². The van der Waals surface area contributed by atoms with Gasteiger partial charge in [0, 0.05) is 0 Å². The van der Waals surface area contributed by atoms with E-state index in [0.29, 0.717) is 12.8 Å². The molecule has 0 bridgehead atoms. The molecule has 0 amide bonds. The molecule has 0 aromatic rings. The van der Waals surface area contributed by atoms with Gasteiger partial charge in [-0.3, -0.25) is 9.59 Å². The van der Waals surface area contributed by atoms with Crippen molar-refractivity contribution >= 4 is 11.9 Å². The second-order valence-electron chi connectivity index (χ2n) is 4.01. The summed E-state index contributed by atoms with van der Waals surface area (Å²) in [6.45, 7) is 2.96. The van der Waals surface area contributed by atoms with Gasteiger partial charge in [0.05, 0.1) is 11.8 Å². The smallest absolute Gasteiger partial charge is 0.311 e. The lowest BCUT2D eigenvalue weighted by Gasteiger charge is -2.27. The Hall–Kier alpha value is -1.36. The molecule has 1 aliphatic carbocycles. The maximum Gasteiger partial charge on any atom is 0.311 e. The molecule has 5 nitrogen and oxygen atoms in total. The predicted octanol–water partition coefficient (Wildman–Crippen LogP) is 1.01. The van der Waals surface area contributed by atoms with E-state index >= 15 is 0 Å². The number of aliphatic hydroxyl groups is 1. The molecule has 0 aromatic heterocycles. The van der Waals surface area contributed by atoms with Crippen LogP contribution in [0.1, 0.15) is 25.7 Å². The summed E-state index contributed by atoms with van der Waals surface area (Å²) in [6, 6.07) is 0. The van der Waals surface area contributed by atoms with Crippen molar-refractivity contribution in [1.82, 2.24) is 0 Å². The Morgan fingerprint density at radius 1 is 1.18 bits per heavy atom. The maximum absolute atomic E-state index is 11.7. The van der Waals surface area contributed by atoms with Crippen LogP contribution in [0.4, 0.5) is 0 Å². The average molecular weight is 242 g/mol. The molecule has 2 atom stereocenters. The molecular formula is C12H18O5.